The summed E-state index contributed by atoms with van der Waals surface area (Å²) in [6.45, 7) is 5.98. The van der Waals surface area contributed by atoms with Crippen LogP contribution in [-0.4, -0.2) is 0 Å². The van der Waals surface area contributed by atoms with E-state index in [4.69, 9.17) is 0 Å². The number of benzene rings is 4. The largest absolute Gasteiger partial charge is 0.378 e. The molecular formula is C27H25N. The minimum atomic E-state index is 0.176. The standard InChI is InChI=1S/C27H25N/c1-3-26(4-2)28-27(25-16-15-22-10-6-8-12-24(22)19-25)18-20-13-14-21-9-5-7-11-23(21)17-20/h3-17,19,27-28H,1,18H2,2H3/b26-4+. The van der Waals surface area contributed by atoms with Crippen LogP contribution >= 0.6 is 0 Å². The molecular weight excluding hydrogens is 338 g/mol. The van der Waals surface area contributed by atoms with Crippen molar-refractivity contribution in [1.82, 2.24) is 5.32 Å². The molecule has 1 unspecified atom stereocenters. The lowest BCUT2D eigenvalue weighted by Gasteiger charge is -2.22. The van der Waals surface area contributed by atoms with Gasteiger partial charge in [-0.2, -0.15) is 0 Å². The van der Waals surface area contributed by atoms with E-state index < -0.39 is 0 Å². The van der Waals surface area contributed by atoms with E-state index in [9.17, 15) is 0 Å². The smallest absolute Gasteiger partial charge is 0.0554 e. The minimum Gasteiger partial charge on any atom is -0.378 e. The van der Waals surface area contributed by atoms with Crippen molar-refractivity contribution < 1.29 is 0 Å². The summed E-state index contributed by atoms with van der Waals surface area (Å²) in [5, 5.41) is 8.78. The molecule has 4 aromatic carbocycles. The molecule has 138 valence electrons. The van der Waals surface area contributed by atoms with Gasteiger partial charge in [0, 0.05) is 5.70 Å². The molecule has 0 aliphatic heterocycles. The van der Waals surface area contributed by atoms with Crippen molar-refractivity contribution in [3.8, 4) is 0 Å². The molecule has 0 saturated heterocycles. The van der Waals surface area contributed by atoms with E-state index in [0.29, 0.717) is 0 Å². The van der Waals surface area contributed by atoms with Crippen molar-refractivity contribution in [2.75, 3.05) is 0 Å². The quantitative estimate of drug-likeness (QED) is 0.365. The summed E-state index contributed by atoms with van der Waals surface area (Å²) in [6.07, 6.45) is 4.87. The Morgan fingerprint density at radius 3 is 2.07 bits per heavy atom. The van der Waals surface area contributed by atoms with Crippen LogP contribution in [0.3, 0.4) is 0 Å². The average Bonchev–Trinajstić information content (AvgIpc) is 2.76. The molecule has 0 aliphatic carbocycles. The van der Waals surface area contributed by atoms with Gasteiger partial charge in [0.25, 0.3) is 0 Å². The second kappa shape index (κ2) is 8.14. The molecule has 4 aromatic rings. The first-order valence-corrected chi connectivity index (χ1v) is 9.78. The molecule has 1 atom stereocenters. The van der Waals surface area contributed by atoms with Crippen molar-refractivity contribution in [2.24, 2.45) is 0 Å². The number of allylic oxidation sites excluding steroid dienone is 2. The molecule has 0 aliphatic rings. The maximum atomic E-state index is 3.95. The van der Waals surface area contributed by atoms with Gasteiger partial charge in [0.05, 0.1) is 6.04 Å². The third kappa shape index (κ3) is 3.84. The van der Waals surface area contributed by atoms with Gasteiger partial charge < -0.3 is 5.32 Å². The highest BCUT2D eigenvalue weighted by Crippen LogP contribution is 2.26. The SMILES string of the molecule is C=C/C(=C\C)NC(Cc1ccc2ccccc2c1)c1ccc2ccccc2c1. The fraction of sp³-hybridized carbons (Fsp3) is 0.111. The van der Waals surface area contributed by atoms with E-state index >= 15 is 0 Å². The van der Waals surface area contributed by atoms with Crippen LogP contribution < -0.4 is 5.32 Å². The van der Waals surface area contributed by atoms with Crippen LogP contribution in [0.5, 0.6) is 0 Å². The van der Waals surface area contributed by atoms with Gasteiger partial charge in [0.15, 0.2) is 0 Å². The van der Waals surface area contributed by atoms with E-state index in [0.717, 1.165) is 12.1 Å². The number of rotatable bonds is 6. The van der Waals surface area contributed by atoms with Gasteiger partial charge in [-0.3, -0.25) is 0 Å². The maximum absolute atomic E-state index is 3.95. The lowest BCUT2D eigenvalue weighted by Crippen LogP contribution is -2.22. The van der Waals surface area contributed by atoms with Crippen LogP contribution in [0.2, 0.25) is 0 Å². The fourth-order valence-corrected chi connectivity index (χ4v) is 3.74. The zero-order valence-electron chi connectivity index (χ0n) is 16.2. The van der Waals surface area contributed by atoms with E-state index in [2.05, 4.69) is 103 Å². The van der Waals surface area contributed by atoms with Crippen molar-refractivity contribution in [2.45, 2.75) is 19.4 Å². The van der Waals surface area contributed by atoms with Gasteiger partial charge in [-0.1, -0.05) is 91.5 Å². The molecule has 28 heavy (non-hydrogen) atoms. The Morgan fingerprint density at radius 2 is 1.43 bits per heavy atom. The Hall–Kier alpha value is -3.32. The molecule has 1 nitrogen and oxygen atoms in total. The van der Waals surface area contributed by atoms with Crippen molar-refractivity contribution in [1.29, 1.82) is 0 Å². The Balaban J connectivity index is 1.71. The highest BCUT2D eigenvalue weighted by molar-refractivity contribution is 5.84. The Morgan fingerprint density at radius 1 is 0.821 bits per heavy atom. The molecule has 1 N–H and O–H groups in total. The first-order valence-electron chi connectivity index (χ1n) is 9.78. The minimum absolute atomic E-state index is 0.176. The molecule has 0 bridgehead atoms. The third-order valence-electron chi connectivity index (χ3n) is 5.30. The van der Waals surface area contributed by atoms with E-state index in [1.54, 1.807) is 0 Å². The summed E-state index contributed by atoms with van der Waals surface area (Å²) >= 11 is 0. The van der Waals surface area contributed by atoms with Gasteiger partial charge in [-0.15, -0.1) is 0 Å². The highest BCUT2D eigenvalue weighted by atomic mass is 14.9. The van der Waals surface area contributed by atoms with Crippen molar-refractivity contribution in [3.05, 3.63) is 120 Å². The molecule has 0 aromatic heterocycles. The predicted octanol–water partition coefficient (Wildman–Crippen LogP) is 6.96. The zero-order valence-corrected chi connectivity index (χ0v) is 16.2. The average molecular weight is 364 g/mol. The fourth-order valence-electron chi connectivity index (χ4n) is 3.74. The van der Waals surface area contributed by atoms with Crippen LogP contribution in [-0.2, 0) is 6.42 Å². The molecule has 0 radical (unpaired) electrons. The number of hydrogen-bond acceptors (Lipinski definition) is 1. The second-order valence-corrected chi connectivity index (χ2v) is 7.14. The summed E-state index contributed by atoms with van der Waals surface area (Å²) in [7, 11) is 0. The van der Waals surface area contributed by atoms with Gasteiger partial charge in [0.2, 0.25) is 0 Å². The van der Waals surface area contributed by atoms with Gasteiger partial charge in [0.1, 0.15) is 0 Å². The van der Waals surface area contributed by atoms with Gasteiger partial charge in [-0.25, -0.2) is 0 Å². The van der Waals surface area contributed by atoms with Crippen LogP contribution in [0.1, 0.15) is 24.1 Å². The summed E-state index contributed by atoms with van der Waals surface area (Å²) in [5.74, 6) is 0. The van der Waals surface area contributed by atoms with Crippen molar-refractivity contribution in [3.63, 3.8) is 0 Å². The van der Waals surface area contributed by atoms with Crippen LogP contribution in [0.4, 0.5) is 0 Å². The summed E-state index contributed by atoms with van der Waals surface area (Å²) in [6, 6.07) is 30.7. The second-order valence-electron chi connectivity index (χ2n) is 7.14. The normalized spacial score (nSPS) is 12.8. The van der Waals surface area contributed by atoms with Crippen LogP contribution in [0, 0.1) is 0 Å². The number of hydrogen-bond donors (Lipinski definition) is 1. The van der Waals surface area contributed by atoms with Gasteiger partial charge >= 0.3 is 0 Å². The first-order chi connectivity index (χ1) is 13.8. The predicted molar refractivity (Wildman–Crippen MR) is 121 cm³/mol. The molecule has 4 rings (SSSR count). The molecule has 0 amide bonds. The molecule has 1 heteroatoms. The molecule has 0 heterocycles. The molecule has 0 spiro atoms. The number of fused-ring (bicyclic) bond motifs is 2. The van der Waals surface area contributed by atoms with Crippen LogP contribution in [0.15, 0.2) is 109 Å². The zero-order chi connectivity index (χ0) is 19.3. The summed E-state index contributed by atoms with van der Waals surface area (Å²) < 4.78 is 0. The van der Waals surface area contributed by atoms with Gasteiger partial charge in [-0.05, 0) is 58.2 Å². The van der Waals surface area contributed by atoms with Crippen LogP contribution in [0.25, 0.3) is 21.5 Å². The lowest BCUT2D eigenvalue weighted by atomic mass is 9.95. The van der Waals surface area contributed by atoms with E-state index in [-0.39, 0.29) is 6.04 Å². The Labute approximate surface area is 167 Å². The van der Waals surface area contributed by atoms with Crippen molar-refractivity contribution >= 4 is 21.5 Å². The summed E-state index contributed by atoms with van der Waals surface area (Å²) in [5.41, 5.74) is 3.66. The highest BCUT2D eigenvalue weighted by Gasteiger charge is 2.14. The van der Waals surface area contributed by atoms with E-state index in [1.807, 2.05) is 13.0 Å². The Kier molecular flexibility index (Phi) is 5.25. The van der Waals surface area contributed by atoms with E-state index in [1.165, 1.54) is 32.7 Å². The molecule has 0 saturated carbocycles. The summed E-state index contributed by atoms with van der Waals surface area (Å²) in [4.78, 5) is 0. The topological polar surface area (TPSA) is 12.0 Å². The maximum Gasteiger partial charge on any atom is 0.0554 e. The lowest BCUT2D eigenvalue weighted by molar-refractivity contribution is 0.603. The molecule has 0 fully saturated rings. The third-order valence-corrected chi connectivity index (χ3v) is 5.30. The Bertz CT molecular complexity index is 1150. The monoisotopic (exact) mass is 363 g/mol. The first kappa shape index (κ1) is 18.1. The number of nitrogens with one attached hydrogen (secondary N) is 1.